The summed E-state index contributed by atoms with van der Waals surface area (Å²) < 4.78 is 39.4. The summed E-state index contributed by atoms with van der Waals surface area (Å²) >= 11 is 3.29. The van der Waals surface area contributed by atoms with Crippen LogP contribution in [0.4, 0.5) is 0 Å². The Hall–Kier alpha value is -1.31. The van der Waals surface area contributed by atoms with E-state index in [1.54, 1.807) is 38.1 Å². The Labute approximate surface area is 138 Å². The summed E-state index contributed by atoms with van der Waals surface area (Å²) in [6.07, 6.45) is 0. The zero-order valence-corrected chi connectivity index (χ0v) is 15.0. The van der Waals surface area contributed by atoms with Crippen LogP contribution in [0.25, 0.3) is 0 Å². The highest BCUT2D eigenvalue weighted by molar-refractivity contribution is 9.10. The average Bonchev–Trinajstić information content (AvgIpc) is 2.87. The van der Waals surface area contributed by atoms with Crippen molar-refractivity contribution in [2.24, 2.45) is 0 Å². The lowest BCUT2D eigenvalue weighted by atomic mass is 10.3. The van der Waals surface area contributed by atoms with Gasteiger partial charge in [-0.3, -0.25) is 0 Å². The lowest BCUT2D eigenvalue weighted by Gasteiger charge is -2.15. The Bertz CT molecular complexity index is 755. The molecule has 0 bridgehead atoms. The highest BCUT2D eigenvalue weighted by atomic mass is 79.9. The van der Waals surface area contributed by atoms with E-state index in [2.05, 4.69) is 20.7 Å². The van der Waals surface area contributed by atoms with Gasteiger partial charge in [0.05, 0.1) is 12.6 Å². The smallest absolute Gasteiger partial charge is 0.244 e. The van der Waals surface area contributed by atoms with Crippen molar-refractivity contribution in [1.29, 1.82) is 0 Å². The van der Waals surface area contributed by atoms with Crippen molar-refractivity contribution in [3.05, 3.63) is 46.3 Å². The summed E-state index contributed by atoms with van der Waals surface area (Å²) in [4.78, 5) is 0.0962. The van der Waals surface area contributed by atoms with Crippen LogP contribution >= 0.6 is 15.9 Å². The molecule has 0 saturated carbocycles. The van der Waals surface area contributed by atoms with Gasteiger partial charge in [0.2, 0.25) is 10.0 Å². The predicted molar refractivity (Wildman–Crippen MR) is 87.5 cm³/mol. The van der Waals surface area contributed by atoms with E-state index in [0.29, 0.717) is 22.6 Å². The van der Waals surface area contributed by atoms with Gasteiger partial charge in [0.15, 0.2) is 0 Å². The molecule has 2 rings (SSSR count). The molecule has 1 aromatic heterocycles. The van der Waals surface area contributed by atoms with Crippen molar-refractivity contribution in [2.75, 3.05) is 6.61 Å². The van der Waals surface area contributed by atoms with Crippen molar-refractivity contribution in [1.82, 2.24) is 4.72 Å². The van der Waals surface area contributed by atoms with E-state index in [1.807, 2.05) is 6.92 Å². The molecule has 120 valence electrons. The molecular weight excluding hydrogens is 370 g/mol. The quantitative estimate of drug-likeness (QED) is 0.818. The van der Waals surface area contributed by atoms with Crippen LogP contribution in [0.2, 0.25) is 0 Å². The van der Waals surface area contributed by atoms with E-state index < -0.39 is 16.1 Å². The second kappa shape index (κ2) is 6.85. The summed E-state index contributed by atoms with van der Waals surface area (Å²) in [6.45, 7) is 5.73. The fourth-order valence-electron chi connectivity index (χ4n) is 2.01. The number of furan rings is 1. The highest BCUT2D eigenvalue weighted by Crippen LogP contribution is 2.29. The average molecular weight is 388 g/mol. The van der Waals surface area contributed by atoms with Crippen molar-refractivity contribution < 1.29 is 17.6 Å². The second-order valence-electron chi connectivity index (χ2n) is 4.82. The molecule has 5 nitrogen and oxygen atoms in total. The van der Waals surface area contributed by atoms with E-state index in [-0.39, 0.29) is 4.90 Å². The molecule has 0 aliphatic heterocycles. The summed E-state index contributed by atoms with van der Waals surface area (Å²) in [5.74, 6) is 1.62. The maximum atomic E-state index is 12.6. The molecule has 1 heterocycles. The Kier molecular flexibility index (Phi) is 5.31. The normalized spacial score (nSPS) is 13.1. The molecular formula is C15H18BrNO4S. The second-order valence-corrected chi connectivity index (χ2v) is 7.41. The highest BCUT2D eigenvalue weighted by Gasteiger charge is 2.24. The monoisotopic (exact) mass is 387 g/mol. The fraction of sp³-hybridized carbons (Fsp3) is 0.333. The zero-order chi connectivity index (χ0) is 16.3. The van der Waals surface area contributed by atoms with E-state index >= 15 is 0 Å². The van der Waals surface area contributed by atoms with E-state index in [1.165, 1.54) is 6.07 Å². The SMILES string of the molecule is CCOc1ccc(Br)cc1S(=O)(=O)NC(C)c1ccc(C)o1. The third kappa shape index (κ3) is 3.91. The first-order valence-corrected chi connectivity index (χ1v) is 9.12. The number of aryl methyl sites for hydroxylation is 1. The lowest BCUT2D eigenvalue weighted by molar-refractivity contribution is 0.330. The number of benzene rings is 1. The number of nitrogens with one attached hydrogen (secondary N) is 1. The van der Waals surface area contributed by atoms with Crippen LogP contribution in [0.15, 0.2) is 44.1 Å². The summed E-state index contributed by atoms with van der Waals surface area (Å²) in [5, 5.41) is 0. The van der Waals surface area contributed by atoms with Crippen LogP contribution in [0.3, 0.4) is 0 Å². The van der Waals surface area contributed by atoms with Gasteiger partial charge in [-0.1, -0.05) is 15.9 Å². The number of sulfonamides is 1. The van der Waals surface area contributed by atoms with Crippen LogP contribution in [0.5, 0.6) is 5.75 Å². The molecule has 0 radical (unpaired) electrons. The van der Waals surface area contributed by atoms with Crippen LogP contribution in [0, 0.1) is 6.92 Å². The molecule has 7 heteroatoms. The fourth-order valence-corrected chi connectivity index (χ4v) is 3.90. The lowest BCUT2D eigenvalue weighted by Crippen LogP contribution is -2.27. The molecule has 1 atom stereocenters. The van der Waals surface area contributed by atoms with Gasteiger partial charge in [0, 0.05) is 4.47 Å². The molecule has 1 N–H and O–H groups in total. The largest absolute Gasteiger partial charge is 0.492 e. The number of hydrogen-bond acceptors (Lipinski definition) is 4. The Morgan fingerprint density at radius 3 is 2.64 bits per heavy atom. The molecule has 1 aromatic carbocycles. The maximum absolute atomic E-state index is 12.6. The molecule has 0 spiro atoms. The summed E-state index contributed by atoms with van der Waals surface area (Å²) in [6, 6.07) is 7.96. The molecule has 0 aliphatic carbocycles. The van der Waals surface area contributed by atoms with Gasteiger partial charge in [0.25, 0.3) is 0 Å². The van der Waals surface area contributed by atoms with Gasteiger partial charge in [-0.2, -0.15) is 0 Å². The topological polar surface area (TPSA) is 68.5 Å². The van der Waals surface area contributed by atoms with Gasteiger partial charge in [-0.25, -0.2) is 13.1 Å². The number of halogens is 1. The molecule has 1 unspecified atom stereocenters. The summed E-state index contributed by atoms with van der Waals surface area (Å²) in [5.41, 5.74) is 0. The third-order valence-electron chi connectivity index (χ3n) is 3.01. The molecule has 0 fully saturated rings. The van der Waals surface area contributed by atoms with Gasteiger partial charge in [-0.05, 0) is 51.1 Å². The minimum Gasteiger partial charge on any atom is -0.492 e. The maximum Gasteiger partial charge on any atom is 0.244 e. The molecule has 22 heavy (non-hydrogen) atoms. The number of ether oxygens (including phenoxy) is 1. The standard InChI is InChI=1S/C15H18BrNO4S/c1-4-20-14-8-6-12(16)9-15(14)22(18,19)17-11(3)13-7-5-10(2)21-13/h5-9,11,17H,4H2,1-3H3. The minimum absolute atomic E-state index is 0.0962. The van der Waals surface area contributed by atoms with Gasteiger partial charge in [-0.15, -0.1) is 0 Å². The van der Waals surface area contributed by atoms with Gasteiger partial charge in [0.1, 0.15) is 22.2 Å². The van der Waals surface area contributed by atoms with E-state index in [4.69, 9.17) is 9.15 Å². The minimum atomic E-state index is -3.74. The van der Waals surface area contributed by atoms with Gasteiger partial charge >= 0.3 is 0 Å². The van der Waals surface area contributed by atoms with E-state index in [0.717, 1.165) is 5.76 Å². The van der Waals surface area contributed by atoms with Crippen LogP contribution < -0.4 is 9.46 Å². The summed E-state index contributed by atoms with van der Waals surface area (Å²) in [7, 11) is -3.74. The van der Waals surface area contributed by atoms with Crippen LogP contribution in [0.1, 0.15) is 31.4 Å². The molecule has 0 amide bonds. The van der Waals surface area contributed by atoms with Crippen molar-refractivity contribution >= 4 is 26.0 Å². The van der Waals surface area contributed by atoms with Crippen LogP contribution in [-0.2, 0) is 10.0 Å². The Morgan fingerprint density at radius 2 is 2.05 bits per heavy atom. The third-order valence-corrected chi connectivity index (χ3v) is 5.07. The predicted octanol–water partition coefficient (Wildman–Crippen LogP) is 3.79. The first-order valence-electron chi connectivity index (χ1n) is 6.84. The van der Waals surface area contributed by atoms with Crippen molar-refractivity contribution in [3.8, 4) is 5.75 Å². The number of rotatable bonds is 6. The van der Waals surface area contributed by atoms with Crippen molar-refractivity contribution in [3.63, 3.8) is 0 Å². The first kappa shape index (κ1) is 17.1. The first-order chi connectivity index (χ1) is 10.3. The zero-order valence-electron chi connectivity index (χ0n) is 12.6. The van der Waals surface area contributed by atoms with Crippen molar-refractivity contribution in [2.45, 2.75) is 31.7 Å². The van der Waals surface area contributed by atoms with E-state index in [9.17, 15) is 8.42 Å². The Morgan fingerprint density at radius 1 is 1.32 bits per heavy atom. The van der Waals surface area contributed by atoms with Gasteiger partial charge < -0.3 is 9.15 Å². The molecule has 0 aliphatic rings. The Balaban J connectivity index is 2.32. The molecule has 2 aromatic rings. The van der Waals surface area contributed by atoms with Crippen LogP contribution in [-0.4, -0.2) is 15.0 Å². The number of hydrogen-bond donors (Lipinski definition) is 1. The molecule has 0 saturated heterocycles.